The highest BCUT2D eigenvalue weighted by Crippen LogP contribution is 2.36. The Morgan fingerprint density at radius 1 is 1.08 bits per heavy atom. The standard InChI is InChI=1S/C19H30O6/c1-12(2)10-15(19(5,6)7)14(17(21)22)11-16(20)24-8-9-25-18(23)13(3)4/h10,14-15H,3,8-9,11H2,1-2,4-7H3,(H,21,22). The van der Waals surface area contributed by atoms with Crippen molar-refractivity contribution in [2.45, 2.75) is 48.0 Å². The van der Waals surface area contributed by atoms with Crippen molar-refractivity contribution in [2.75, 3.05) is 13.2 Å². The average molecular weight is 354 g/mol. The molecule has 0 saturated carbocycles. The Morgan fingerprint density at radius 2 is 1.60 bits per heavy atom. The topological polar surface area (TPSA) is 89.9 Å². The van der Waals surface area contributed by atoms with E-state index in [1.807, 2.05) is 40.7 Å². The zero-order valence-corrected chi connectivity index (χ0v) is 16.0. The van der Waals surface area contributed by atoms with Gasteiger partial charge in [-0.05, 0) is 32.1 Å². The normalized spacial score (nSPS) is 13.4. The lowest BCUT2D eigenvalue weighted by molar-refractivity contribution is -0.156. The minimum Gasteiger partial charge on any atom is -0.481 e. The molecule has 0 heterocycles. The maximum atomic E-state index is 12.0. The molecule has 0 fully saturated rings. The number of hydrogen-bond acceptors (Lipinski definition) is 5. The summed E-state index contributed by atoms with van der Waals surface area (Å²) >= 11 is 0. The molecule has 0 spiro atoms. The van der Waals surface area contributed by atoms with Gasteiger partial charge in [-0.1, -0.05) is 39.0 Å². The third kappa shape index (κ3) is 9.08. The van der Waals surface area contributed by atoms with E-state index in [1.165, 1.54) is 6.92 Å². The Balaban J connectivity index is 4.82. The fourth-order valence-corrected chi connectivity index (χ4v) is 2.35. The van der Waals surface area contributed by atoms with Crippen molar-refractivity contribution in [3.05, 3.63) is 23.8 Å². The Labute approximate surface area is 149 Å². The number of ether oxygens (including phenoxy) is 2. The number of hydrogen-bond donors (Lipinski definition) is 1. The second-order valence-corrected chi connectivity index (χ2v) is 7.42. The fourth-order valence-electron chi connectivity index (χ4n) is 2.35. The van der Waals surface area contributed by atoms with Gasteiger partial charge < -0.3 is 14.6 Å². The number of allylic oxidation sites excluding steroid dienone is 2. The number of aliphatic carboxylic acids is 1. The highest BCUT2D eigenvalue weighted by molar-refractivity contribution is 5.86. The second kappa shape index (κ2) is 10.0. The van der Waals surface area contributed by atoms with Gasteiger partial charge in [0, 0.05) is 5.57 Å². The number of carboxylic acid groups (broad SMARTS) is 1. The number of carbonyl (C=O) groups excluding carboxylic acids is 2. The van der Waals surface area contributed by atoms with E-state index in [9.17, 15) is 19.5 Å². The van der Waals surface area contributed by atoms with Crippen molar-refractivity contribution in [1.29, 1.82) is 0 Å². The molecule has 0 amide bonds. The first-order chi connectivity index (χ1) is 11.4. The summed E-state index contributed by atoms with van der Waals surface area (Å²) in [5.74, 6) is -3.43. The van der Waals surface area contributed by atoms with Gasteiger partial charge >= 0.3 is 17.9 Å². The SMILES string of the molecule is C=C(C)C(=O)OCCOC(=O)CC(C(=O)O)C(C=C(C)C)C(C)(C)C. The molecule has 0 aliphatic rings. The van der Waals surface area contributed by atoms with Crippen molar-refractivity contribution < 1.29 is 29.0 Å². The summed E-state index contributed by atoms with van der Waals surface area (Å²) in [5, 5.41) is 9.56. The molecule has 0 aromatic carbocycles. The van der Waals surface area contributed by atoms with Crippen LogP contribution in [0.25, 0.3) is 0 Å². The van der Waals surface area contributed by atoms with Crippen LogP contribution in [0.2, 0.25) is 0 Å². The van der Waals surface area contributed by atoms with Crippen LogP contribution in [0.3, 0.4) is 0 Å². The molecule has 0 aromatic heterocycles. The van der Waals surface area contributed by atoms with E-state index in [0.29, 0.717) is 0 Å². The van der Waals surface area contributed by atoms with Crippen LogP contribution in [-0.4, -0.2) is 36.2 Å². The molecular weight excluding hydrogens is 324 g/mol. The molecular formula is C19H30O6. The molecule has 1 N–H and O–H groups in total. The van der Waals surface area contributed by atoms with Crippen LogP contribution < -0.4 is 0 Å². The summed E-state index contributed by atoms with van der Waals surface area (Å²) in [7, 11) is 0. The van der Waals surface area contributed by atoms with Gasteiger partial charge in [0.25, 0.3) is 0 Å². The Bertz CT molecular complexity index is 535. The minimum atomic E-state index is -1.04. The van der Waals surface area contributed by atoms with E-state index in [4.69, 9.17) is 9.47 Å². The minimum absolute atomic E-state index is 0.0914. The van der Waals surface area contributed by atoms with Gasteiger partial charge in [-0.25, -0.2) is 4.79 Å². The molecule has 0 rings (SSSR count). The molecule has 0 aromatic rings. The van der Waals surface area contributed by atoms with Crippen molar-refractivity contribution in [3.8, 4) is 0 Å². The summed E-state index contributed by atoms with van der Waals surface area (Å²) in [6.07, 6.45) is 1.65. The zero-order valence-electron chi connectivity index (χ0n) is 16.0. The molecule has 0 bridgehead atoms. The predicted molar refractivity (Wildman–Crippen MR) is 94.9 cm³/mol. The number of esters is 2. The maximum absolute atomic E-state index is 12.0. The zero-order chi connectivity index (χ0) is 19.8. The highest BCUT2D eigenvalue weighted by Gasteiger charge is 2.36. The van der Waals surface area contributed by atoms with E-state index < -0.39 is 23.8 Å². The quantitative estimate of drug-likeness (QED) is 0.295. The van der Waals surface area contributed by atoms with Crippen molar-refractivity contribution in [1.82, 2.24) is 0 Å². The van der Waals surface area contributed by atoms with Gasteiger partial charge in [0.1, 0.15) is 13.2 Å². The largest absolute Gasteiger partial charge is 0.481 e. The van der Waals surface area contributed by atoms with Gasteiger partial charge in [0.2, 0.25) is 0 Å². The third-order valence-electron chi connectivity index (χ3n) is 3.58. The van der Waals surface area contributed by atoms with E-state index in [2.05, 4.69) is 6.58 Å². The number of carbonyl (C=O) groups is 3. The lowest BCUT2D eigenvalue weighted by Crippen LogP contribution is -2.34. The molecule has 0 aliphatic heterocycles. The summed E-state index contributed by atoms with van der Waals surface area (Å²) in [6.45, 7) is 14.4. The lowest BCUT2D eigenvalue weighted by atomic mass is 9.71. The molecule has 25 heavy (non-hydrogen) atoms. The number of rotatable bonds is 9. The Hall–Kier alpha value is -2.11. The fraction of sp³-hybridized carbons (Fsp3) is 0.632. The second-order valence-electron chi connectivity index (χ2n) is 7.42. The molecule has 6 nitrogen and oxygen atoms in total. The molecule has 0 radical (unpaired) electrons. The molecule has 2 atom stereocenters. The van der Waals surface area contributed by atoms with Crippen LogP contribution >= 0.6 is 0 Å². The first kappa shape index (κ1) is 22.9. The molecule has 2 unspecified atom stereocenters. The monoisotopic (exact) mass is 354 g/mol. The summed E-state index contributed by atoms with van der Waals surface area (Å²) in [5.41, 5.74) is 0.927. The molecule has 0 aliphatic carbocycles. The van der Waals surface area contributed by atoms with Crippen LogP contribution in [-0.2, 0) is 23.9 Å². The highest BCUT2D eigenvalue weighted by atomic mass is 16.6. The van der Waals surface area contributed by atoms with E-state index in [-0.39, 0.29) is 36.5 Å². The van der Waals surface area contributed by atoms with E-state index in [0.717, 1.165) is 5.57 Å². The van der Waals surface area contributed by atoms with Crippen molar-refractivity contribution in [3.63, 3.8) is 0 Å². The van der Waals surface area contributed by atoms with Gasteiger partial charge in [-0.3, -0.25) is 9.59 Å². The Kier molecular flexibility index (Phi) is 9.17. The third-order valence-corrected chi connectivity index (χ3v) is 3.58. The van der Waals surface area contributed by atoms with Crippen LogP contribution in [0.1, 0.15) is 48.0 Å². The summed E-state index contributed by atoms with van der Waals surface area (Å²) in [6, 6.07) is 0. The summed E-state index contributed by atoms with van der Waals surface area (Å²) in [4.78, 5) is 34.9. The first-order valence-electron chi connectivity index (χ1n) is 8.22. The predicted octanol–water partition coefficient (Wildman–Crippen LogP) is 3.37. The van der Waals surface area contributed by atoms with Crippen LogP contribution in [0.4, 0.5) is 0 Å². The smallest absolute Gasteiger partial charge is 0.333 e. The van der Waals surface area contributed by atoms with Crippen LogP contribution in [0, 0.1) is 17.3 Å². The van der Waals surface area contributed by atoms with Gasteiger partial charge in [-0.2, -0.15) is 0 Å². The van der Waals surface area contributed by atoms with Crippen LogP contribution in [0.5, 0.6) is 0 Å². The van der Waals surface area contributed by atoms with E-state index >= 15 is 0 Å². The van der Waals surface area contributed by atoms with Gasteiger partial charge in [0.15, 0.2) is 0 Å². The van der Waals surface area contributed by atoms with Gasteiger partial charge in [-0.15, -0.1) is 0 Å². The van der Waals surface area contributed by atoms with Crippen molar-refractivity contribution >= 4 is 17.9 Å². The average Bonchev–Trinajstić information content (AvgIpc) is 2.45. The molecule has 142 valence electrons. The first-order valence-corrected chi connectivity index (χ1v) is 8.22. The van der Waals surface area contributed by atoms with Crippen molar-refractivity contribution in [2.24, 2.45) is 17.3 Å². The maximum Gasteiger partial charge on any atom is 0.333 e. The van der Waals surface area contributed by atoms with Crippen LogP contribution in [0.15, 0.2) is 23.8 Å². The molecule has 6 heteroatoms. The molecule has 0 saturated heterocycles. The van der Waals surface area contributed by atoms with E-state index in [1.54, 1.807) is 0 Å². The summed E-state index contributed by atoms with van der Waals surface area (Å²) < 4.78 is 9.81. The lowest BCUT2D eigenvalue weighted by Gasteiger charge is -2.33. The Morgan fingerprint density at radius 3 is 2.00 bits per heavy atom. The number of carboxylic acids is 1. The van der Waals surface area contributed by atoms with Gasteiger partial charge in [0.05, 0.1) is 12.3 Å².